The van der Waals surface area contributed by atoms with Crippen molar-refractivity contribution in [2.75, 3.05) is 18.5 Å². The largest absolute Gasteiger partial charge is 0.365 e. The molecule has 2 aromatic heterocycles. The molecule has 16 heavy (non-hydrogen) atoms. The summed E-state index contributed by atoms with van der Waals surface area (Å²) in [5.41, 5.74) is 1.21. The molecule has 2 aromatic rings. The van der Waals surface area contributed by atoms with Crippen molar-refractivity contribution in [3.63, 3.8) is 0 Å². The first-order chi connectivity index (χ1) is 7.79. The lowest BCUT2D eigenvalue weighted by molar-refractivity contribution is 0.854. The van der Waals surface area contributed by atoms with Crippen molar-refractivity contribution in [2.24, 2.45) is 0 Å². The Labute approximate surface area is 98.2 Å². The van der Waals surface area contributed by atoms with Crippen LogP contribution in [0.5, 0.6) is 0 Å². The summed E-state index contributed by atoms with van der Waals surface area (Å²) >= 11 is 1.42. The predicted octanol–water partition coefficient (Wildman–Crippen LogP) is 2.02. The molecule has 0 saturated carbocycles. The van der Waals surface area contributed by atoms with E-state index in [1.807, 2.05) is 19.3 Å². The first-order valence-corrected chi connectivity index (χ1v) is 5.80. The van der Waals surface area contributed by atoms with E-state index in [1.54, 1.807) is 6.20 Å². The molecule has 0 aliphatic heterocycles. The number of hydrogen-bond donors (Lipinski definition) is 1. The Morgan fingerprint density at radius 3 is 3.12 bits per heavy atom. The van der Waals surface area contributed by atoms with Crippen LogP contribution in [0.25, 0.3) is 0 Å². The number of aromatic nitrogens is 2. The Hall–Kier alpha value is -1.80. The van der Waals surface area contributed by atoms with Gasteiger partial charge < -0.3 is 9.88 Å². The number of anilines is 1. The minimum atomic E-state index is 0.654. The average molecular weight is 232 g/mol. The van der Waals surface area contributed by atoms with Crippen molar-refractivity contribution in [1.29, 1.82) is 5.26 Å². The van der Waals surface area contributed by atoms with Gasteiger partial charge in [0, 0.05) is 31.9 Å². The van der Waals surface area contributed by atoms with Crippen molar-refractivity contribution in [1.82, 2.24) is 9.97 Å². The Morgan fingerprint density at radius 2 is 2.50 bits per heavy atom. The molecular weight excluding hydrogens is 220 g/mol. The highest BCUT2D eigenvalue weighted by molar-refractivity contribution is 7.16. The summed E-state index contributed by atoms with van der Waals surface area (Å²) < 4.78 is 0. The first kappa shape index (κ1) is 10.7. The molecule has 0 radical (unpaired) electrons. The van der Waals surface area contributed by atoms with Crippen LogP contribution in [-0.2, 0) is 6.42 Å². The topological polar surface area (TPSA) is 55.7 Å². The van der Waals surface area contributed by atoms with Gasteiger partial charge in [0.25, 0.3) is 0 Å². The van der Waals surface area contributed by atoms with Gasteiger partial charge >= 0.3 is 0 Å². The van der Waals surface area contributed by atoms with Crippen LogP contribution in [0.4, 0.5) is 5.13 Å². The lowest BCUT2D eigenvalue weighted by atomic mass is 10.3. The average Bonchev–Trinajstić information content (AvgIpc) is 2.96. The lowest BCUT2D eigenvalue weighted by Crippen LogP contribution is -2.20. The molecule has 0 unspecified atom stereocenters. The van der Waals surface area contributed by atoms with Crippen molar-refractivity contribution >= 4 is 16.5 Å². The summed E-state index contributed by atoms with van der Waals surface area (Å²) in [5, 5.41) is 9.60. The second-order valence-electron chi connectivity index (χ2n) is 3.49. The summed E-state index contributed by atoms with van der Waals surface area (Å²) in [6.07, 6.45) is 4.49. The van der Waals surface area contributed by atoms with E-state index in [9.17, 15) is 0 Å². The highest BCUT2D eigenvalue weighted by Crippen LogP contribution is 2.20. The maximum absolute atomic E-state index is 8.71. The molecule has 2 heterocycles. The van der Waals surface area contributed by atoms with Gasteiger partial charge in [0.1, 0.15) is 10.9 Å². The van der Waals surface area contributed by atoms with Gasteiger partial charge in [-0.05, 0) is 12.1 Å². The Morgan fingerprint density at radius 1 is 1.62 bits per heavy atom. The van der Waals surface area contributed by atoms with Gasteiger partial charge in [-0.15, -0.1) is 0 Å². The van der Waals surface area contributed by atoms with E-state index in [4.69, 9.17) is 5.26 Å². The van der Waals surface area contributed by atoms with Crippen molar-refractivity contribution in [3.05, 3.63) is 35.1 Å². The van der Waals surface area contributed by atoms with Gasteiger partial charge in [-0.3, -0.25) is 0 Å². The summed E-state index contributed by atoms with van der Waals surface area (Å²) in [5.74, 6) is 0. The van der Waals surface area contributed by atoms with Crippen LogP contribution in [0.3, 0.4) is 0 Å². The fraction of sp³-hybridized carbons (Fsp3) is 0.273. The second-order valence-corrected chi connectivity index (χ2v) is 4.49. The van der Waals surface area contributed by atoms with Gasteiger partial charge in [-0.25, -0.2) is 4.98 Å². The van der Waals surface area contributed by atoms with E-state index in [0.717, 1.165) is 18.1 Å². The van der Waals surface area contributed by atoms with Crippen LogP contribution >= 0.6 is 11.3 Å². The minimum Gasteiger partial charge on any atom is -0.365 e. The van der Waals surface area contributed by atoms with Gasteiger partial charge in [-0.1, -0.05) is 11.3 Å². The van der Waals surface area contributed by atoms with Crippen molar-refractivity contribution in [3.8, 4) is 6.07 Å². The number of H-pyrrole nitrogens is 1. The van der Waals surface area contributed by atoms with Crippen LogP contribution in [0.15, 0.2) is 24.5 Å². The molecule has 0 amide bonds. The normalized spacial score (nSPS) is 10.0. The lowest BCUT2D eigenvalue weighted by Gasteiger charge is -2.14. The highest BCUT2D eigenvalue weighted by atomic mass is 32.1. The van der Waals surface area contributed by atoms with E-state index < -0.39 is 0 Å². The van der Waals surface area contributed by atoms with Crippen LogP contribution < -0.4 is 4.90 Å². The molecule has 2 rings (SSSR count). The monoisotopic (exact) mass is 232 g/mol. The molecule has 0 atom stereocenters. The van der Waals surface area contributed by atoms with Crippen molar-refractivity contribution in [2.45, 2.75) is 6.42 Å². The molecule has 0 aliphatic carbocycles. The third-order valence-corrected chi connectivity index (χ3v) is 3.33. The standard InChI is InChI=1S/C11H12N4S/c1-15(6-4-9-3-2-5-13-9)11-14-8-10(7-12)16-11/h2-3,5,8,13H,4,6H2,1H3. The maximum Gasteiger partial charge on any atom is 0.186 e. The van der Waals surface area contributed by atoms with Gasteiger partial charge in [0.2, 0.25) is 0 Å². The fourth-order valence-corrected chi connectivity index (χ4v) is 2.10. The highest BCUT2D eigenvalue weighted by Gasteiger charge is 2.06. The van der Waals surface area contributed by atoms with E-state index in [1.165, 1.54) is 17.0 Å². The Balaban J connectivity index is 1.93. The molecule has 4 nitrogen and oxygen atoms in total. The summed E-state index contributed by atoms with van der Waals surface area (Å²) in [4.78, 5) is 10.1. The van der Waals surface area contributed by atoms with E-state index in [-0.39, 0.29) is 0 Å². The van der Waals surface area contributed by atoms with Gasteiger partial charge in [0.15, 0.2) is 5.13 Å². The number of nitrogens with zero attached hydrogens (tertiary/aromatic N) is 3. The summed E-state index contributed by atoms with van der Waals surface area (Å²) in [6.45, 7) is 0.888. The zero-order valence-electron chi connectivity index (χ0n) is 8.97. The summed E-state index contributed by atoms with van der Waals surface area (Å²) in [6, 6.07) is 6.15. The molecule has 5 heteroatoms. The minimum absolute atomic E-state index is 0.654. The van der Waals surface area contributed by atoms with Gasteiger partial charge in [-0.2, -0.15) is 5.26 Å². The van der Waals surface area contributed by atoms with Crippen LogP contribution in [-0.4, -0.2) is 23.6 Å². The SMILES string of the molecule is CN(CCc1ccc[nH]1)c1ncc(C#N)s1. The van der Waals surface area contributed by atoms with Crippen LogP contribution in [0, 0.1) is 11.3 Å². The fourth-order valence-electron chi connectivity index (χ4n) is 1.40. The zero-order chi connectivity index (χ0) is 11.4. The molecule has 82 valence electrons. The molecule has 1 N–H and O–H groups in total. The molecule has 0 fully saturated rings. The van der Waals surface area contributed by atoms with Crippen LogP contribution in [0.2, 0.25) is 0 Å². The number of nitriles is 1. The number of nitrogens with one attached hydrogen (secondary N) is 1. The number of rotatable bonds is 4. The zero-order valence-corrected chi connectivity index (χ0v) is 9.79. The third kappa shape index (κ3) is 2.41. The summed E-state index contributed by atoms with van der Waals surface area (Å²) in [7, 11) is 1.99. The number of hydrogen-bond acceptors (Lipinski definition) is 4. The van der Waals surface area contributed by atoms with E-state index in [0.29, 0.717) is 4.88 Å². The molecule has 0 spiro atoms. The molecule has 0 aliphatic rings. The predicted molar refractivity (Wildman–Crippen MR) is 64.6 cm³/mol. The van der Waals surface area contributed by atoms with E-state index in [2.05, 4.69) is 27.0 Å². The van der Waals surface area contributed by atoms with E-state index >= 15 is 0 Å². The third-order valence-electron chi connectivity index (χ3n) is 2.31. The Bertz CT molecular complexity index is 480. The Kier molecular flexibility index (Phi) is 3.22. The molecule has 0 bridgehead atoms. The quantitative estimate of drug-likeness (QED) is 0.877. The smallest absolute Gasteiger partial charge is 0.186 e. The second kappa shape index (κ2) is 4.81. The number of likely N-dealkylation sites (N-methyl/N-ethyl adjacent to an activating group) is 1. The maximum atomic E-state index is 8.71. The molecule has 0 saturated heterocycles. The van der Waals surface area contributed by atoms with Crippen LogP contribution in [0.1, 0.15) is 10.6 Å². The number of thiazole rings is 1. The number of aromatic amines is 1. The molecule has 0 aromatic carbocycles. The van der Waals surface area contributed by atoms with Gasteiger partial charge in [0.05, 0.1) is 6.20 Å². The first-order valence-electron chi connectivity index (χ1n) is 4.99. The van der Waals surface area contributed by atoms with Crippen molar-refractivity contribution < 1.29 is 0 Å². The molecular formula is C11H12N4S.